The van der Waals surface area contributed by atoms with Gasteiger partial charge in [0.15, 0.2) is 0 Å². The predicted molar refractivity (Wildman–Crippen MR) is 107 cm³/mol. The van der Waals surface area contributed by atoms with E-state index in [0.717, 1.165) is 41.8 Å². The standard InChI is InChI=1S/C21H25N3OS/c1-5-6-7-18-11-10-17(13-22)21(23-18)26-16(4)20(25)24-19-12-14(2)8-9-15(19)3/h8-12,16H,5-7H2,1-4H3,(H,24,25). The Bertz CT molecular complexity index is 826. The molecule has 4 nitrogen and oxygen atoms in total. The third-order valence-corrected chi connectivity index (χ3v) is 5.24. The molecule has 136 valence electrons. The van der Waals surface area contributed by atoms with E-state index in [4.69, 9.17) is 0 Å². The third kappa shape index (κ3) is 5.34. The largest absolute Gasteiger partial charge is 0.325 e. The maximum Gasteiger partial charge on any atom is 0.237 e. The molecule has 1 heterocycles. The van der Waals surface area contributed by atoms with E-state index in [1.54, 1.807) is 6.07 Å². The van der Waals surface area contributed by atoms with Crippen LogP contribution in [0.5, 0.6) is 0 Å². The summed E-state index contributed by atoms with van der Waals surface area (Å²) in [5.41, 5.74) is 4.44. The van der Waals surface area contributed by atoms with E-state index in [2.05, 4.69) is 23.3 Å². The Morgan fingerprint density at radius 2 is 2.08 bits per heavy atom. The number of amides is 1. The molecule has 0 aliphatic heterocycles. The monoisotopic (exact) mass is 367 g/mol. The normalized spacial score (nSPS) is 11.7. The van der Waals surface area contributed by atoms with Crippen molar-refractivity contribution in [3.05, 3.63) is 52.7 Å². The highest BCUT2D eigenvalue weighted by Gasteiger charge is 2.18. The number of benzene rings is 1. The van der Waals surface area contributed by atoms with Gasteiger partial charge in [-0.25, -0.2) is 4.98 Å². The lowest BCUT2D eigenvalue weighted by molar-refractivity contribution is -0.115. The number of pyridine rings is 1. The first-order valence-corrected chi connectivity index (χ1v) is 9.77. The Morgan fingerprint density at radius 1 is 1.31 bits per heavy atom. The summed E-state index contributed by atoms with van der Waals surface area (Å²) in [5, 5.41) is 12.6. The highest BCUT2D eigenvalue weighted by Crippen LogP contribution is 2.27. The molecule has 5 heteroatoms. The minimum absolute atomic E-state index is 0.0895. The Labute approximate surface area is 160 Å². The quantitative estimate of drug-likeness (QED) is 0.697. The van der Waals surface area contributed by atoms with E-state index in [1.807, 2.05) is 45.0 Å². The minimum Gasteiger partial charge on any atom is -0.325 e. The molecule has 2 aromatic rings. The molecule has 1 aromatic heterocycles. The van der Waals surface area contributed by atoms with Crippen LogP contribution in [0, 0.1) is 25.2 Å². The first-order valence-electron chi connectivity index (χ1n) is 8.89. The molecule has 0 aliphatic carbocycles. The number of thioether (sulfide) groups is 1. The maximum absolute atomic E-state index is 12.6. The van der Waals surface area contributed by atoms with Gasteiger partial charge in [-0.15, -0.1) is 0 Å². The number of nitrogens with one attached hydrogen (secondary N) is 1. The van der Waals surface area contributed by atoms with Crippen molar-refractivity contribution in [3.8, 4) is 6.07 Å². The van der Waals surface area contributed by atoms with E-state index in [-0.39, 0.29) is 11.2 Å². The summed E-state index contributed by atoms with van der Waals surface area (Å²) >= 11 is 1.33. The molecule has 0 radical (unpaired) electrons. The molecule has 26 heavy (non-hydrogen) atoms. The summed E-state index contributed by atoms with van der Waals surface area (Å²) in [6.07, 6.45) is 3.04. The number of rotatable bonds is 7. The number of aryl methyl sites for hydroxylation is 3. The maximum atomic E-state index is 12.6. The summed E-state index contributed by atoms with van der Waals surface area (Å²) in [5.74, 6) is -0.0895. The Balaban J connectivity index is 2.12. The predicted octanol–water partition coefficient (Wildman–Crippen LogP) is 5.03. The van der Waals surface area contributed by atoms with Gasteiger partial charge >= 0.3 is 0 Å². The number of unbranched alkanes of at least 4 members (excludes halogenated alkanes) is 1. The number of hydrogen-bond acceptors (Lipinski definition) is 4. The van der Waals surface area contributed by atoms with Crippen LogP contribution in [0.4, 0.5) is 5.69 Å². The van der Waals surface area contributed by atoms with Gasteiger partial charge in [-0.05, 0) is 62.9 Å². The number of nitriles is 1. The first kappa shape index (κ1) is 20.0. The van der Waals surface area contributed by atoms with Crippen LogP contribution in [0.1, 0.15) is 49.1 Å². The number of hydrogen-bond donors (Lipinski definition) is 1. The van der Waals surface area contributed by atoms with Gasteiger partial charge in [0.05, 0.1) is 10.8 Å². The van der Waals surface area contributed by atoms with Crippen LogP contribution < -0.4 is 5.32 Å². The Hall–Kier alpha value is -2.32. The van der Waals surface area contributed by atoms with Crippen LogP contribution in [0.15, 0.2) is 35.4 Å². The van der Waals surface area contributed by atoms with Crippen LogP contribution in [-0.4, -0.2) is 16.1 Å². The fourth-order valence-corrected chi connectivity index (χ4v) is 3.39. The number of anilines is 1. The average Bonchev–Trinajstić information content (AvgIpc) is 2.63. The fourth-order valence-electron chi connectivity index (χ4n) is 2.48. The lowest BCUT2D eigenvalue weighted by atomic mass is 10.1. The van der Waals surface area contributed by atoms with Crippen molar-refractivity contribution in [2.75, 3.05) is 5.32 Å². The summed E-state index contributed by atoms with van der Waals surface area (Å²) in [7, 11) is 0. The molecule has 2 rings (SSSR count). The van der Waals surface area contributed by atoms with Gasteiger partial charge < -0.3 is 5.32 Å². The van der Waals surface area contributed by atoms with Crippen LogP contribution in [0.3, 0.4) is 0 Å². The molecule has 1 N–H and O–H groups in total. The van der Waals surface area contributed by atoms with Crippen molar-refractivity contribution in [3.63, 3.8) is 0 Å². The molecule has 0 fully saturated rings. The van der Waals surface area contributed by atoms with Crippen molar-refractivity contribution in [1.29, 1.82) is 5.26 Å². The molecule has 1 amide bonds. The molecule has 0 bridgehead atoms. The van der Waals surface area contributed by atoms with E-state index in [9.17, 15) is 10.1 Å². The van der Waals surface area contributed by atoms with Crippen LogP contribution in [0.2, 0.25) is 0 Å². The zero-order valence-electron chi connectivity index (χ0n) is 15.8. The fraction of sp³-hybridized carbons (Fsp3) is 0.381. The van der Waals surface area contributed by atoms with Crippen molar-refractivity contribution >= 4 is 23.4 Å². The van der Waals surface area contributed by atoms with Crippen LogP contribution in [-0.2, 0) is 11.2 Å². The van der Waals surface area contributed by atoms with Gasteiger partial charge in [0.2, 0.25) is 5.91 Å². The van der Waals surface area contributed by atoms with Gasteiger partial charge in [-0.1, -0.05) is 37.2 Å². The van der Waals surface area contributed by atoms with E-state index in [1.165, 1.54) is 11.8 Å². The van der Waals surface area contributed by atoms with Gasteiger partial charge in [-0.2, -0.15) is 5.26 Å². The van der Waals surface area contributed by atoms with Crippen molar-refractivity contribution in [2.45, 2.75) is 57.2 Å². The molecule has 0 aliphatic rings. The smallest absolute Gasteiger partial charge is 0.237 e. The zero-order chi connectivity index (χ0) is 19.1. The summed E-state index contributed by atoms with van der Waals surface area (Å²) < 4.78 is 0. The summed E-state index contributed by atoms with van der Waals surface area (Å²) in [6, 6.07) is 11.9. The van der Waals surface area contributed by atoms with Crippen LogP contribution >= 0.6 is 11.8 Å². The number of nitrogens with zero attached hydrogens (tertiary/aromatic N) is 2. The highest BCUT2D eigenvalue weighted by atomic mass is 32.2. The van der Waals surface area contributed by atoms with Crippen LogP contribution in [0.25, 0.3) is 0 Å². The van der Waals surface area contributed by atoms with Crippen molar-refractivity contribution in [1.82, 2.24) is 4.98 Å². The highest BCUT2D eigenvalue weighted by molar-refractivity contribution is 8.00. The molecule has 0 saturated carbocycles. The Kier molecular flexibility index (Phi) is 7.23. The molecule has 1 atom stereocenters. The van der Waals surface area contributed by atoms with Crippen molar-refractivity contribution < 1.29 is 4.79 Å². The van der Waals surface area contributed by atoms with E-state index >= 15 is 0 Å². The average molecular weight is 368 g/mol. The topological polar surface area (TPSA) is 65.8 Å². The molecule has 1 unspecified atom stereocenters. The zero-order valence-corrected chi connectivity index (χ0v) is 16.6. The minimum atomic E-state index is -0.351. The number of carbonyl (C=O) groups excluding carboxylic acids is 1. The SMILES string of the molecule is CCCCc1ccc(C#N)c(SC(C)C(=O)Nc2cc(C)ccc2C)n1. The molecule has 0 spiro atoms. The summed E-state index contributed by atoms with van der Waals surface area (Å²) in [6.45, 7) is 7.95. The van der Waals surface area contributed by atoms with Gasteiger partial charge in [0, 0.05) is 11.4 Å². The van der Waals surface area contributed by atoms with E-state index < -0.39 is 0 Å². The first-order chi connectivity index (χ1) is 12.4. The lowest BCUT2D eigenvalue weighted by Gasteiger charge is -2.15. The van der Waals surface area contributed by atoms with Gasteiger partial charge in [0.25, 0.3) is 0 Å². The molecular formula is C21H25N3OS. The summed E-state index contributed by atoms with van der Waals surface area (Å²) in [4.78, 5) is 17.2. The molecule has 1 aromatic carbocycles. The third-order valence-electron chi connectivity index (χ3n) is 4.13. The van der Waals surface area contributed by atoms with Gasteiger partial charge in [-0.3, -0.25) is 4.79 Å². The lowest BCUT2D eigenvalue weighted by Crippen LogP contribution is -2.23. The second-order valence-electron chi connectivity index (χ2n) is 6.44. The van der Waals surface area contributed by atoms with Gasteiger partial charge in [0.1, 0.15) is 11.1 Å². The molecule has 0 saturated heterocycles. The second-order valence-corrected chi connectivity index (χ2v) is 7.77. The number of carbonyl (C=O) groups is 1. The Morgan fingerprint density at radius 3 is 2.77 bits per heavy atom. The second kappa shape index (κ2) is 9.40. The van der Waals surface area contributed by atoms with Crippen molar-refractivity contribution in [2.24, 2.45) is 0 Å². The molecular weight excluding hydrogens is 342 g/mol. The number of aromatic nitrogens is 1. The van der Waals surface area contributed by atoms with E-state index in [0.29, 0.717) is 10.6 Å².